The summed E-state index contributed by atoms with van der Waals surface area (Å²) in [5.41, 5.74) is 0.777. The molecule has 0 aliphatic rings. The first-order valence-electron chi connectivity index (χ1n) is 4.91. The summed E-state index contributed by atoms with van der Waals surface area (Å²) in [6, 6.07) is 7.39. The van der Waals surface area contributed by atoms with Gasteiger partial charge in [0.2, 0.25) is 0 Å². The first kappa shape index (κ1) is 9.86. The van der Waals surface area contributed by atoms with Crippen LogP contribution in [0.2, 0.25) is 0 Å². The number of nitrogens with zero attached hydrogens (tertiary/aromatic N) is 2. The van der Waals surface area contributed by atoms with E-state index in [0.717, 1.165) is 12.1 Å². The fourth-order valence-electron chi connectivity index (χ4n) is 1.50. The lowest BCUT2D eigenvalue weighted by atomic mass is 10.2. The van der Waals surface area contributed by atoms with Crippen LogP contribution in [0.5, 0.6) is 0 Å². The first-order valence-corrected chi connectivity index (χ1v) is 4.91. The average Bonchev–Trinajstić information content (AvgIpc) is 2.29. The third-order valence-electron chi connectivity index (χ3n) is 2.33. The average molecular weight is 203 g/mol. The molecule has 0 radical (unpaired) electrons. The van der Waals surface area contributed by atoms with Gasteiger partial charge < -0.3 is 5.32 Å². The molecule has 0 amide bonds. The lowest BCUT2D eigenvalue weighted by molar-refractivity contribution is 0.621. The van der Waals surface area contributed by atoms with Crippen LogP contribution in [-0.2, 0) is 6.54 Å². The second-order valence-electron chi connectivity index (χ2n) is 3.36. The predicted octanol–water partition coefficient (Wildman–Crippen LogP) is 0.616. The Hall–Kier alpha value is -1.68. The van der Waals surface area contributed by atoms with Crippen LogP contribution in [0.25, 0.3) is 10.9 Å². The van der Waals surface area contributed by atoms with Crippen LogP contribution in [0.3, 0.4) is 0 Å². The summed E-state index contributed by atoms with van der Waals surface area (Å²) in [5.74, 6) is 0. The zero-order valence-electron chi connectivity index (χ0n) is 8.60. The fourth-order valence-corrected chi connectivity index (χ4v) is 1.50. The Morgan fingerprint density at radius 2 is 2.20 bits per heavy atom. The van der Waals surface area contributed by atoms with Gasteiger partial charge in [0, 0.05) is 13.1 Å². The molecule has 1 aromatic heterocycles. The largest absolute Gasteiger partial charge is 0.318 e. The minimum absolute atomic E-state index is 0.0239. The molecule has 1 heterocycles. The van der Waals surface area contributed by atoms with E-state index in [1.807, 2.05) is 25.2 Å². The minimum atomic E-state index is 0.0239. The van der Waals surface area contributed by atoms with Gasteiger partial charge in [-0.25, -0.2) is 4.98 Å². The van der Waals surface area contributed by atoms with Crippen molar-refractivity contribution in [3.05, 3.63) is 40.9 Å². The second-order valence-corrected chi connectivity index (χ2v) is 3.36. The molecule has 1 N–H and O–H groups in total. The third-order valence-corrected chi connectivity index (χ3v) is 2.33. The van der Waals surface area contributed by atoms with Gasteiger partial charge in [-0.2, -0.15) is 0 Å². The van der Waals surface area contributed by atoms with Gasteiger partial charge in [-0.15, -0.1) is 0 Å². The van der Waals surface area contributed by atoms with E-state index in [0.29, 0.717) is 11.9 Å². The number of rotatable bonds is 3. The van der Waals surface area contributed by atoms with Gasteiger partial charge >= 0.3 is 0 Å². The van der Waals surface area contributed by atoms with E-state index in [9.17, 15) is 4.79 Å². The molecular formula is C11H13N3O. The maximum atomic E-state index is 11.9. The Morgan fingerprint density at radius 1 is 1.40 bits per heavy atom. The Labute approximate surface area is 87.6 Å². The van der Waals surface area contributed by atoms with E-state index in [2.05, 4.69) is 10.3 Å². The van der Waals surface area contributed by atoms with Crippen molar-refractivity contribution in [2.24, 2.45) is 0 Å². The fraction of sp³-hybridized carbons (Fsp3) is 0.273. The SMILES string of the molecule is CNCCn1cnc2ccccc2c1=O. The molecule has 2 rings (SSSR count). The highest BCUT2D eigenvalue weighted by Crippen LogP contribution is 2.04. The number of benzene rings is 1. The lowest BCUT2D eigenvalue weighted by Gasteiger charge is -2.05. The van der Waals surface area contributed by atoms with Crippen molar-refractivity contribution < 1.29 is 0 Å². The molecule has 1 aromatic carbocycles. The molecule has 4 nitrogen and oxygen atoms in total. The first-order chi connectivity index (χ1) is 7.33. The Morgan fingerprint density at radius 3 is 3.00 bits per heavy atom. The summed E-state index contributed by atoms with van der Waals surface area (Å²) < 4.78 is 1.62. The van der Waals surface area contributed by atoms with Crippen LogP contribution < -0.4 is 10.9 Å². The van der Waals surface area contributed by atoms with Crippen LogP contribution in [0.4, 0.5) is 0 Å². The lowest BCUT2D eigenvalue weighted by Crippen LogP contribution is -2.25. The summed E-state index contributed by atoms with van der Waals surface area (Å²) >= 11 is 0. The smallest absolute Gasteiger partial charge is 0.261 e. The summed E-state index contributed by atoms with van der Waals surface area (Å²) in [7, 11) is 1.86. The van der Waals surface area contributed by atoms with E-state index < -0.39 is 0 Å². The molecule has 0 aliphatic carbocycles. The van der Waals surface area contributed by atoms with E-state index in [1.54, 1.807) is 17.0 Å². The van der Waals surface area contributed by atoms with Gasteiger partial charge in [-0.1, -0.05) is 12.1 Å². The number of para-hydroxylation sites is 1. The van der Waals surface area contributed by atoms with Crippen molar-refractivity contribution in [1.29, 1.82) is 0 Å². The summed E-state index contributed by atoms with van der Waals surface area (Å²) in [5, 5.41) is 3.68. The number of fused-ring (bicyclic) bond motifs is 1. The van der Waals surface area contributed by atoms with Gasteiger partial charge in [0.15, 0.2) is 0 Å². The molecule has 78 valence electrons. The Bertz CT molecular complexity index is 518. The quantitative estimate of drug-likeness (QED) is 0.795. The number of likely N-dealkylation sites (N-methyl/N-ethyl adjacent to an activating group) is 1. The summed E-state index contributed by atoms with van der Waals surface area (Å²) in [6.07, 6.45) is 1.60. The maximum absolute atomic E-state index is 11.9. The predicted molar refractivity (Wildman–Crippen MR) is 59.9 cm³/mol. The zero-order chi connectivity index (χ0) is 10.7. The second kappa shape index (κ2) is 4.23. The molecule has 0 spiro atoms. The third kappa shape index (κ3) is 1.89. The van der Waals surface area contributed by atoms with Crippen molar-refractivity contribution in [2.45, 2.75) is 6.54 Å². The normalized spacial score (nSPS) is 10.7. The zero-order valence-corrected chi connectivity index (χ0v) is 8.60. The highest BCUT2D eigenvalue weighted by Gasteiger charge is 2.01. The van der Waals surface area contributed by atoms with Crippen molar-refractivity contribution in [2.75, 3.05) is 13.6 Å². The summed E-state index contributed by atoms with van der Waals surface area (Å²) in [6.45, 7) is 1.41. The van der Waals surface area contributed by atoms with Gasteiger partial charge in [-0.05, 0) is 19.2 Å². The van der Waals surface area contributed by atoms with Crippen molar-refractivity contribution in [3.63, 3.8) is 0 Å². The molecule has 0 aliphatic heterocycles. The van der Waals surface area contributed by atoms with Crippen molar-refractivity contribution in [1.82, 2.24) is 14.9 Å². The molecule has 0 bridgehead atoms. The topological polar surface area (TPSA) is 46.9 Å². The molecule has 0 saturated carbocycles. The highest BCUT2D eigenvalue weighted by atomic mass is 16.1. The molecule has 15 heavy (non-hydrogen) atoms. The van der Waals surface area contributed by atoms with E-state index >= 15 is 0 Å². The monoisotopic (exact) mass is 203 g/mol. The van der Waals surface area contributed by atoms with Crippen LogP contribution in [0.15, 0.2) is 35.4 Å². The number of aromatic nitrogens is 2. The van der Waals surface area contributed by atoms with Crippen LogP contribution in [-0.4, -0.2) is 23.1 Å². The molecular weight excluding hydrogens is 190 g/mol. The number of nitrogens with one attached hydrogen (secondary N) is 1. The minimum Gasteiger partial charge on any atom is -0.318 e. The Balaban J connectivity index is 2.51. The Kier molecular flexibility index (Phi) is 2.78. The molecule has 0 saturated heterocycles. The van der Waals surface area contributed by atoms with Crippen molar-refractivity contribution >= 4 is 10.9 Å². The van der Waals surface area contributed by atoms with Crippen LogP contribution >= 0.6 is 0 Å². The molecule has 0 fully saturated rings. The molecule has 0 unspecified atom stereocenters. The van der Waals surface area contributed by atoms with Crippen molar-refractivity contribution in [3.8, 4) is 0 Å². The van der Waals surface area contributed by atoms with E-state index in [1.165, 1.54) is 0 Å². The van der Waals surface area contributed by atoms with Gasteiger partial charge in [0.1, 0.15) is 0 Å². The van der Waals surface area contributed by atoms with Gasteiger partial charge in [0.05, 0.1) is 17.2 Å². The molecule has 2 aromatic rings. The molecule has 0 atom stereocenters. The highest BCUT2D eigenvalue weighted by molar-refractivity contribution is 5.76. The van der Waals surface area contributed by atoms with E-state index in [-0.39, 0.29) is 5.56 Å². The number of hydrogen-bond acceptors (Lipinski definition) is 3. The standard InChI is InChI=1S/C11H13N3O/c1-12-6-7-14-8-13-10-5-3-2-4-9(10)11(14)15/h2-5,8,12H,6-7H2,1H3. The van der Waals surface area contributed by atoms with Crippen LogP contribution in [0, 0.1) is 0 Å². The molecule has 4 heteroatoms. The van der Waals surface area contributed by atoms with Gasteiger partial charge in [0.25, 0.3) is 5.56 Å². The summed E-state index contributed by atoms with van der Waals surface area (Å²) in [4.78, 5) is 16.2. The van der Waals surface area contributed by atoms with E-state index in [4.69, 9.17) is 0 Å². The maximum Gasteiger partial charge on any atom is 0.261 e. The van der Waals surface area contributed by atoms with Gasteiger partial charge in [-0.3, -0.25) is 9.36 Å². The van der Waals surface area contributed by atoms with Crippen LogP contribution in [0.1, 0.15) is 0 Å². The number of hydrogen-bond donors (Lipinski definition) is 1.